The van der Waals surface area contributed by atoms with Gasteiger partial charge in [-0.1, -0.05) is 125 Å². The lowest BCUT2D eigenvalue weighted by Gasteiger charge is -2.19. The van der Waals surface area contributed by atoms with Crippen LogP contribution in [0.3, 0.4) is 0 Å². The highest BCUT2D eigenvalue weighted by atomic mass is 16.3. The van der Waals surface area contributed by atoms with E-state index < -0.39 is 12.1 Å². The molecule has 0 aromatic heterocycles. The van der Waals surface area contributed by atoms with Gasteiger partial charge in [-0.05, 0) is 83.5 Å². The first-order valence-corrected chi connectivity index (χ1v) is 16.8. The lowest BCUT2D eigenvalue weighted by atomic mass is 10.1. The zero-order valence-corrected chi connectivity index (χ0v) is 27.0. The van der Waals surface area contributed by atoms with E-state index in [-0.39, 0.29) is 12.5 Å². The molecule has 42 heavy (non-hydrogen) atoms. The van der Waals surface area contributed by atoms with E-state index in [0.717, 1.165) is 83.5 Å². The quantitative estimate of drug-likeness (QED) is 0.0636. The van der Waals surface area contributed by atoms with E-state index in [1.54, 1.807) is 6.08 Å². The molecule has 238 valence electrons. The fourth-order valence-electron chi connectivity index (χ4n) is 4.26. The Morgan fingerprint density at radius 3 is 1.64 bits per heavy atom. The molecule has 0 radical (unpaired) electrons. The topological polar surface area (TPSA) is 69.6 Å². The van der Waals surface area contributed by atoms with Gasteiger partial charge in [0.15, 0.2) is 0 Å². The molecule has 0 aromatic carbocycles. The normalized spacial score (nSPS) is 14.3. The minimum Gasteiger partial charge on any atom is -0.394 e. The van der Waals surface area contributed by atoms with E-state index in [4.69, 9.17) is 0 Å². The number of hydrogen-bond acceptors (Lipinski definition) is 3. The number of aliphatic hydroxyl groups is 2. The van der Waals surface area contributed by atoms with Crippen LogP contribution in [-0.4, -0.2) is 34.9 Å². The number of carbonyl (C=O) groups is 1. The maximum atomic E-state index is 12.3. The van der Waals surface area contributed by atoms with Crippen LogP contribution in [0.4, 0.5) is 0 Å². The zero-order valence-electron chi connectivity index (χ0n) is 27.0. The molecule has 2 atom stereocenters. The average molecular weight is 582 g/mol. The van der Waals surface area contributed by atoms with Crippen LogP contribution in [0.15, 0.2) is 85.1 Å². The molecule has 0 fully saturated rings. The Hall–Kier alpha value is -2.43. The Bertz CT molecular complexity index is 803. The number of allylic oxidation sites excluding steroid dienone is 13. The van der Waals surface area contributed by atoms with E-state index >= 15 is 0 Å². The molecule has 0 aliphatic carbocycles. The largest absolute Gasteiger partial charge is 0.394 e. The van der Waals surface area contributed by atoms with Crippen LogP contribution < -0.4 is 5.32 Å². The highest BCUT2D eigenvalue weighted by Crippen LogP contribution is 2.08. The molecule has 0 bridgehead atoms. The van der Waals surface area contributed by atoms with Gasteiger partial charge in [0, 0.05) is 6.42 Å². The second kappa shape index (κ2) is 33.1. The molecule has 2 unspecified atom stereocenters. The molecule has 0 aliphatic heterocycles. The maximum absolute atomic E-state index is 12.3. The van der Waals surface area contributed by atoms with Crippen molar-refractivity contribution in [1.29, 1.82) is 0 Å². The van der Waals surface area contributed by atoms with Crippen molar-refractivity contribution in [2.45, 2.75) is 142 Å². The first-order valence-electron chi connectivity index (χ1n) is 16.8. The van der Waals surface area contributed by atoms with Crippen molar-refractivity contribution in [3.63, 3.8) is 0 Å². The summed E-state index contributed by atoms with van der Waals surface area (Å²) in [7, 11) is 0. The molecule has 0 spiro atoms. The first kappa shape index (κ1) is 39.6. The van der Waals surface area contributed by atoms with Crippen LogP contribution in [0.2, 0.25) is 0 Å². The summed E-state index contributed by atoms with van der Waals surface area (Å²) >= 11 is 0. The highest BCUT2D eigenvalue weighted by Gasteiger charge is 2.17. The first-order chi connectivity index (χ1) is 20.7. The van der Waals surface area contributed by atoms with Crippen molar-refractivity contribution >= 4 is 5.91 Å². The number of rotatable bonds is 28. The molecule has 4 heteroatoms. The highest BCUT2D eigenvalue weighted by molar-refractivity contribution is 5.76. The molecule has 0 heterocycles. The summed E-state index contributed by atoms with van der Waals surface area (Å²) in [4.78, 5) is 12.3. The van der Waals surface area contributed by atoms with E-state index in [1.165, 1.54) is 25.7 Å². The van der Waals surface area contributed by atoms with Crippen LogP contribution >= 0.6 is 0 Å². The van der Waals surface area contributed by atoms with Crippen LogP contribution in [-0.2, 0) is 4.79 Å². The van der Waals surface area contributed by atoms with Crippen LogP contribution in [0.1, 0.15) is 129 Å². The van der Waals surface area contributed by atoms with Gasteiger partial charge in [-0.3, -0.25) is 4.79 Å². The van der Waals surface area contributed by atoms with Gasteiger partial charge in [-0.15, -0.1) is 0 Å². The average Bonchev–Trinajstić information content (AvgIpc) is 2.99. The predicted molar refractivity (Wildman–Crippen MR) is 183 cm³/mol. The summed E-state index contributed by atoms with van der Waals surface area (Å²) in [5.74, 6) is -0.109. The van der Waals surface area contributed by atoms with Crippen molar-refractivity contribution in [3.8, 4) is 0 Å². The molecular weight excluding hydrogens is 518 g/mol. The molecule has 3 N–H and O–H groups in total. The van der Waals surface area contributed by atoms with Crippen LogP contribution in [0.25, 0.3) is 0 Å². The Labute approximate surface area is 259 Å². The van der Waals surface area contributed by atoms with Gasteiger partial charge < -0.3 is 15.5 Å². The Kier molecular flexibility index (Phi) is 31.2. The molecule has 4 nitrogen and oxygen atoms in total. The number of nitrogens with one attached hydrogen (secondary N) is 1. The van der Waals surface area contributed by atoms with Crippen LogP contribution in [0, 0.1) is 0 Å². The maximum Gasteiger partial charge on any atom is 0.220 e. The number of carbonyl (C=O) groups excluding carboxylic acids is 1. The molecule has 1 amide bonds. The summed E-state index contributed by atoms with van der Waals surface area (Å²) in [6.45, 7) is 4.10. The molecule has 0 aliphatic rings. The standard InChI is InChI=1S/C38H63NO3/c1-3-5-7-9-11-13-15-17-18-19-20-22-24-26-28-30-32-34-38(42)39-36(35-40)37(41)33-31-29-27-25-23-21-16-14-12-10-8-6-4-2/h5,7,11-14,17-18,20,22-23,25,31,33,36-37,40-41H,3-4,6,8-10,15-16,19,21,24,26-30,32,34-35H2,1-2H3,(H,39,42)/b7-5-,13-11-,14-12+,18-17-,22-20-,25-23+,33-31+. The summed E-state index contributed by atoms with van der Waals surface area (Å²) in [6, 6.07) is -0.661. The van der Waals surface area contributed by atoms with Gasteiger partial charge in [0.1, 0.15) is 0 Å². The third-order valence-electron chi connectivity index (χ3n) is 6.84. The monoisotopic (exact) mass is 581 g/mol. The number of unbranched alkanes of at least 4 members (excludes halogenated alkanes) is 9. The van der Waals surface area contributed by atoms with Crippen molar-refractivity contribution in [2.24, 2.45) is 0 Å². The number of hydrogen-bond donors (Lipinski definition) is 3. The second-order valence-electron chi connectivity index (χ2n) is 10.8. The molecule has 0 rings (SSSR count). The Morgan fingerprint density at radius 2 is 1.07 bits per heavy atom. The minimum absolute atomic E-state index is 0.109. The van der Waals surface area contributed by atoms with Crippen LogP contribution in [0.5, 0.6) is 0 Å². The lowest BCUT2D eigenvalue weighted by Crippen LogP contribution is -2.45. The van der Waals surface area contributed by atoms with E-state index in [9.17, 15) is 15.0 Å². The fraction of sp³-hybridized carbons (Fsp3) is 0.605. The van der Waals surface area contributed by atoms with Crippen molar-refractivity contribution in [1.82, 2.24) is 5.32 Å². The summed E-state index contributed by atoms with van der Waals surface area (Å²) in [5, 5.41) is 22.8. The molecular formula is C38H63NO3. The SMILES string of the molecule is CC/C=C\C/C=C\C/C=C\C/C=C\CCCCCCC(=O)NC(CO)C(O)/C=C/CC/C=C/CC/C=C/CCCCC. The van der Waals surface area contributed by atoms with Gasteiger partial charge in [-0.25, -0.2) is 0 Å². The third-order valence-corrected chi connectivity index (χ3v) is 6.84. The van der Waals surface area contributed by atoms with Gasteiger partial charge in [0.25, 0.3) is 0 Å². The molecule has 0 saturated heterocycles. The smallest absolute Gasteiger partial charge is 0.220 e. The predicted octanol–water partition coefficient (Wildman–Crippen LogP) is 9.78. The van der Waals surface area contributed by atoms with Gasteiger partial charge >= 0.3 is 0 Å². The number of amides is 1. The van der Waals surface area contributed by atoms with Gasteiger partial charge in [0.05, 0.1) is 18.8 Å². The van der Waals surface area contributed by atoms with E-state index in [1.807, 2.05) is 6.08 Å². The van der Waals surface area contributed by atoms with Crippen molar-refractivity contribution in [3.05, 3.63) is 85.1 Å². The minimum atomic E-state index is -0.883. The molecule has 0 aromatic rings. The fourth-order valence-corrected chi connectivity index (χ4v) is 4.26. The van der Waals surface area contributed by atoms with Crippen molar-refractivity contribution in [2.75, 3.05) is 6.61 Å². The third kappa shape index (κ3) is 29.1. The number of aliphatic hydroxyl groups excluding tert-OH is 2. The van der Waals surface area contributed by atoms with Gasteiger partial charge in [0.2, 0.25) is 5.91 Å². The summed E-state index contributed by atoms with van der Waals surface area (Å²) in [6.07, 6.45) is 48.0. The van der Waals surface area contributed by atoms with Crippen molar-refractivity contribution < 1.29 is 15.0 Å². The Balaban J connectivity index is 3.83. The second-order valence-corrected chi connectivity index (χ2v) is 10.8. The lowest BCUT2D eigenvalue weighted by molar-refractivity contribution is -0.123. The van der Waals surface area contributed by atoms with E-state index in [2.05, 4.69) is 92.1 Å². The Morgan fingerprint density at radius 1 is 0.595 bits per heavy atom. The summed E-state index contributed by atoms with van der Waals surface area (Å²) < 4.78 is 0. The zero-order chi connectivity index (χ0) is 30.8. The molecule has 0 saturated carbocycles. The summed E-state index contributed by atoms with van der Waals surface area (Å²) in [5.41, 5.74) is 0. The van der Waals surface area contributed by atoms with E-state index in [0.29, 0.717) is 6.42 Å². The van der Waals surface area contributed by atoms with Gasteiger partial charge in [-0.2, -0.15) is 0 Å².